The van der Waals surface area contributed by atoms with E-state index < -0.39 is 11.8 Å². The van der Waals surface area contributed by atoms with Gasteiger partial charge in [-0.05, 0) is 28.1 Å². The standard InChI is InChI=1S/C8H6BrFO3/c1-13-8(12)6-4(10)2-3-5(11)7(6)9/h2-3,11H,1H3. The fourth-order valence-electron chi connectivity index (χ4n) is 0.831. The Morgan fingerprint density at radius 1 is 1.62 bits per heavy atom. The Balaban J connectivity index is 3.33. The Hall–Kier alpha value is -1.10. The molecule has 0 heterocycles. The number of halogens is 2. The largest absolute Gasteiger partial charge is 0.507 e. The first-order valence-electron chi connectivity index (χ1n) is 3.33. The van der Waals surface area contributed by atoms with E-state index in [0.29, 0.717) is 0 Å². The molecule has 0 aromatic heterocycles. The van der Waals surface area contributed by atoms with Crippen LogP contribution in [0.2, 0.25) is 0 Å². The Kier molecular flexibility index (Phi) is 2.87. The van der Waals surface area contributed by atoms with Crippen molar-refractivity contribution in [1.82, 2.24) is 0 Å². The van der Waals surface area contributed by atoms with E-state index in [1.165, 1.54) is 0 Å². The molecule has 0 unspecified atom stereocenters. The van der Waals surface area contributed by atoms with Gasteiger partial charge in [-0.3, -0.25) is 0 Å². The average Bonchev–Trinajstić information content (AvgIpc) is 2.12. The van der Waals surface area contributed by atoms with Gasteiger partial charge in [-0.25, -0.2) is 9.18 Å². The maximum Gasteiger partial charge on any atom is 0.342 e. The first-order chi connectivity index (χ1) is 6.07. The quantitative estimate of drug-likeness (QED) is 0.775. The lowest BCUT2D eigenvalue weighted by Crippen LogP contribution is -2.05. The van der Waals surface area contributed by atoms with Crippen LogP contribution in [0.1, 0.15) is 10.4 Å². The van der Waals surface area contributed by atoms with Gasteiger partial charge in [-0.2, -0.15) is 0 Å². The molecular weight excluding hydrogens is 243 g/mol. The molecule has 13 heavy (non-hydrogen) atoms. The van der Waals surface area contributed by atoms with Gasteiger partial charge in [-0.15, -0.1) is 0 Å². The van der Waals surface area contributed by atoms with Crippen LogP contribution in [0.4, 0.5) is 4.39 Å². The van der Waals surface area contributed by atoms with E-state index in [1.54, 1.807) is 0 Å². The number of carbonyl (C=O) groups is 1. The van der Waals surface area contributed by atoms with E-state index >= 15 is 0 Å². The average molecular weight is 249 g/mol. The van der Waals surface area contributed by atoms with Gasteiger partial charge in [0.2, 0.25) is 0 Å². The lowest BCUT2D eigenvalue weighted by molar-refractivity contribution is 0.0594. The van der Waals surface area contributed by atoms with Crippen LogP contribution in [0.15, 0.2) is 16.6 Å². The number of hydrogen-bond acceptors (Lipinski definition) is 3. The summed E-state index contributed by atoms with van der Waals surface area (Å²) >= 11 is 2.88. The van der Waals surface area contributed by atoms with Crippen molar-refractivity contribution in [3.63, 3.8) is 0 Å². The summed E-state index contributed by atoms with van der Waals surface area (Å²) in [5, 5.41) is 9.15. The zero-order valence-corrected chi connectivity index (χ0v) is 8.26. The van der Waals surface area contributed by atoms with Crippen LogP contribution < -0.4 is 0 Å². The number of phenols is 1. The predicted octanol–water partition coefficient (Wildman–Crippen LogP) is 2.08. The molecule has 1 rings (SSSR count). The first kappa shape index (κ1) is 9.98. The highest BCUT2D eigenvalue weighted by Crippen LogP contribution is 2.29. The van der Waals surface area contributed by atoms with Gasteiger partial charge in [0, 0.05) is 0 Å². The van der Waals surface area contributed by atoms with Crippen molar-refractivity contribution < 1.29 is 19.0 Å². The number of esters is 1. The van der Waals surface area contributed by atoms with Gasteiger partial charge in [0.25, 0.3) is 0 Å². The minimum absolute atomic E-state index is 0.000602. The number of benzene rings is 1. The summed E-state index contributed by atoms with van der Waals surface area (Å²) in [5.41, 5.74) is -0.303. The highest BCUT2D eigenvalue weighted by atomic mass is 79.9. The molecule has 1 N–H and O–H groups in total. The Labute approximate surface area is 82.3 Å². The number of rotatable bonds is 1. The van der Waals surface area contributed by atoms with E-state index in [-0.39, 0.29) is 15.8 Å². The fourth-order valence-corrected chi connectivity index (χ4v) is 1.31. The second kappa shape index (κ2) is 3.74. The SMILES string of the molecule is COC(=O)c1c(F)ccc(O)c1Br. The molecule has 0 fully saturated rings. The first-order valence-corrected chi connectivity index (χ1v) is 4.12. The number of ether oxygens (including phenoxy) is 1. The normalized spacial score (nSPS) is 9.77. The molecule has 0 amide bonds. The van der Waals surface area contributed by atoms with E-state index in [9.17, 15) is 9.18 Å². The van der Waals surface area contributed by atoms with E-state index in [2.05, 4.69) is 20.7 Å². The molecule has 1 aromatic carbocycles. The minimum atomic E-state index is -0.833. The van der Waals surface area contributed by atoms with Gasteiger partial charge in [-0.1, -0.05) is 0 Å². The summed E-state index contributed by atoms with van der Waals surface area (Å²) in [6, 6.07) is 2.14. The predicted molar refractivity (Wildman–Crippen MR) is 47.1 cm³/mol. The van der Waals surface area contributed by atoms with E-state index in [1.807, 2.05) is 0 Å². The van der Waals surface area contributed by atoms with Crippen LogP contribution in [-0.4, -0.2) is 18.2 Å². The molecule has 0 aliphatic carbocycles. The van der Waals surface area contributed by atoms with E-state index in [0.717, 1.165) is 19.2 Å². The lowest BCUT2D eigenvalue weighted by atomic mass is 10.2. The monoisotopic (exact) mass is 248 g/mol. The topological polar surface area (TPSA) is 46.5 Å². The highest BCUT2D eigenvalue weighted by Gasteiger charge is 2.18. The van der Waals surface area contributed by atoms with Crippen LogP contribution in [0, 0.1) is 5.82 Å². The van der Waals surface area contributed by atoms with Gasteiger partial charge < -0.3 is 9.84 Å². The summed E-state index contributed by atoms with van der Waals surface area (Å²) in [6.45, 7) is 0. The van der Waals surface area contributed by atoms with Crippen molar-refractivity contribution in [3.05, 3.63) is 28.0 Å². The second-order valence-electron chi connectivity index (χ2n) is 2.25. The molecule has 0 saturated carbocycles. The van der Waals surface area contributed by atoms with Crippen LogP contribution in [0.25, 0.3) is 0 Å². The Morgan fingerprint density at radius 3 is 2.77 bits per heavy atom. The summed E-state index contributed by atoms with van der Waals surface area (Å²) in [4.78, 5) is 11.0. The molecule has 5 heteroatoms. The lowest BCUT2D eigenvalue weighted by Gasteiger charge is -2.04. The van der Waals surface area contributed by atoms with Crippen LogP contribution in [0.5, 0.6) is 5.75 Å². The third-order valence-electron chi connectivity index (χ3n) is 1.46. The zero-order valence-electron chi connectivity index (χ0n) is 6.67. The summed E-state index contributed by atoms with van der Waals surface area (Å²) < 4.78 is 17.4. The van der Waals surface area contributed by atoms with E-state index in [4.69, 9.17) is 5.11 Å². The molecule has 3 nitrogen and oxygen atoms in total. The molecule has 0 atom stereocenters. The van der Waals surface area contributed by atoms with Crippen LogP contribution in [0.3, 0.4) is 0 Å². The fraction of sp³-hybridized carbons (Fsp3) is 0.125. The number of hydrogen-bond donors (Lipinski definition) is 1. The number of aromatic hydroxyl groups is 1. The summed E-state index contributed by atoms with van der Waals surface area (Å²) in [6.07, 6.45) is 0. The van der Waals surface area contributed by atoms with Crippen LogP contribution >= 0.6 is 15.9 Å². The van der Waals surface area contributed by atoms with Crippen molar-refractivity contribution in [1.29, 1.82) is 0 Å². The molecule has 70 valence electrons. The van der Waals surface area contributed by atoms with Crippen molar-refractivity contribution >= 4 is 21.9 Å². The number of phenolic OH excluding ortho intramolecular Hbond substituents is 1. The van der Waals surface area contributed by atoms with Gasteiger partial charge in [0.05, 0.1) is 11.6 Å². The summed E-state index contributed by atoms with van der Waals surface area (Å²) in [7, 11) is 1.14. The Morgan fingerprint density at radius 2 is 2.23 bits per heavy atom. The Bertz CT molecular complexity index is 351. The smallest absolute Gasteiger partial charge is 0.342 e. The number of carbonyl (C=O) groups excluding carboxylic acids is 1. The minimum Gasteiger partial charge on any atom is -0.507 e. The van der Waals surface area contributed by atoms with Gasteiger partial charge in [0.15, 0.2) is 0 Å². The molecule has 1 aromatic rings. The zero-order chi connectivity index (χ0) is 10.0. The van der Waals surface area contributed by atoms with Crippen molar-refractivity contribution in [2.45, 2.75) is 0 Å². The molecule has 0 radical (unpaired) electrons. The third-order valence-corrected chi connectivity index (χ3v) is 2.26. The molecule has 0 saturated heterocycles. The molecule has 0 aliphatic rings. The molecule has 0 spiro atoms. The molecular formula is C8H6BrFO3. The highest BCUT2D eigenvalue weighted by molar-refractivity contribution is 9.10. The van der Waals surface area contributed by atoms with Crippen molar-refractivity contribution in [2.24, 2.45) is 0 Å². The maximum absolute atomic E-state index is 13.0. The second-order valence-corrected chi connectivity index (χ2v) is 3.04. The van der Waals surface area contributed by atoms with Crippen molar-refractivity contribution in [2.75, 3.05) is 7.11 Å². The van der Waals surface area contributed by atoms with Crippen LogP contribution in [-0.2, 0) is 4.74 Å². The number of methoxy groups -OCH3 is 1. The molecule has 0 bridgehead atoms. The third kappa shape index (κ3) is 1.80. The summed E-state index contributed by atoms with van der Waals surface area (Å²) in [5.74, 6) is -1.78. The molecule has 0 aliphatic heterocycles. The van der Waals surface area contributed by atoms with Gasteiger partial charge in [0.1, 0.15) is 17.1 Å². The maximum atomic E-state index is 13.0. The van der Waals surface area contributed by atoms with Gasteiger partial charge >= 0.3 is 5.97 Å². The van der Waals surface area contributed by atoms with Crippen molar-refractivity contribution in [3.8, 4) is 5.75 Å².